The molecule has 0 N–H and O–H groups in total. The van der Waals surface area contributed by atoms with Gasteiger partial charge in [0.05, 0.1) is 28.6 Å². The van der Waals surface area contributed by atoms with Crippen molar-refractivity contribution in [2.45, 2.75) is 23.9 Å². The fraction of sp³-hybridized carbons (Fsp3) is 0.333. The van der Waals surface area contributed by atoms with E-state index in [2.05, 4.69) is 0 Å². The van der Waals surface area contributed by atoms with Crippen LogP contribution in [0.5, 0.6) is 11.5 Å². The van der Waals surface area contributed by atoms with E-state index in [1.807, 2.05) is 37.3 Å². The number of benzene rings is 2. The van der Waals surface area contributed by atoms with Crippen LogP contribution in [0.4, 0.5) is 0 Å². The number of aromatic nitrogens is 2. The Morgan fingerprint density at radius 2 is 2.07 bits per heavy atom. The number of methoxy groups -OCH3 is 1. The highest BCUT2D eigenvalue weighted by molar-refractivity contribution is 7.98. The second-order valence-corrected chi connectivity index (χ2v) is 8.13. The molecule has 0 amide bonds. The van der Waals surface area contributed by atoms with Crippen molar-refractivity contribution in [1.29, 1.82) is 0 Å². The van der Waals surface area contributed by atoms with E-state index in [9.17, 15) is 4.79 Å². The molecule has 3 aromatic rings. The van der Waals surface area contributed by atoms with E-state index < -0.39 is 0 Å². The predicted octanol–water partition coefficient (Wildman–Crippen LogP) is 4.32. The van der Waals surface area contributed by atoms with Crippen LogP contribution in [0.2, 0.25) is 5.02 Å². The normalized spacial score (nSPS) is 14.2. The Labute approximate surface area is 177 Å². The molecule has 0 radical (unpaired) electrons. The molecule has 29 heavy (non-hydrogen) atoms. The van der Waals surface area contributed by atoms with Gasteiger partial charge in [0.1, 0.15) is 13.2 Å². The minimum Gasteiger partial charge on any atom is -0.486 e. The molecule has 2 heterocycles. The van der Waals surface area contributed by atoms with Crippen molar-refractivity contribution < 1.29 is 14.2 Å². The molecule has 2 aromatic carbocycles. The van der Waals surface area contributed by atoms with E-state index in [1.54, 1.807) is 17.7 Å². The van der Waals surface area contributed by atoms with Gasteiger partial charge in [-0.3, -0.25) is 9.36 Å². The summed E-state index contributed by atoms with van der Waals surface area (Å²) in [5.74, 6) is 1.82. The summed E-state index contributed by atoms with van der Waals surface area (Å²) in [5.41, 5.74) is 1.58. The lowest BCUT2D eigenvalue weighted by Gasteiger charge is -2.21. The molecule has 0 saturated heterocycles. The van der Waals surface area contributed by atoms with Crippen molar-refractivity contribution in [3.05, 3.63) is 57.3 Å². The highest BCUT2D eigenvalue weighted by atomic mass is 35.5. The summed E-state index contributed by atoms with van der Waals surface area (Å²) in [4.78, 5) is 17.9. The van der Waals surface area contributed by atoms with Crippen molar-refractivity contribution in [1.82, 2.24) is 9.55 Å². The van der Waals surface area contributed by atoms with Crippen molar-refractivity contribution in [2.24, 2.45) is 0 Å². The molecule has 1 aliphatic rings. The van der Waals surface area contributed by atoms with Crippen LogP contribution in [-0.4, -0.2) is 36.5 Å². The highest BCUT2D eigenvalue weighted by Crippen LogP contribution is 2.39. The Morgan fingerprint density at radius 3 is 2.90 bits per heavy atom. The van der Waals surface area contributed by atoms with Crippen LogP contribution in [0.1, 0.15) is 18.5 Å². The van der Waals surface area contributed by atoms with Crippen molar-refractivity contribution >= 4 is 34.3 Å². The lowest BCUT2D eigenvalue weighted by atomic mass is 10.2. The molecule has 6 nitrogen and oxygen atoms in total. The van der Waals surface area contributed by atoms with Gasteiger partial charge in [-0.15, -0.1) is 0 Å². The number of para-hydroxylation sites is 1. The Balaban J connectivity index is 1.69. The van der Waals surface area contributed by atoms with Crippen LogP contribution in [0, 0.1) is 0 Å². The van der Waals surface area contributed by atoms with E-state index in [0.717, 1.165) is 5.56 Å². The summed E-state index contributed by atoms with van der Waals surface area (Å²) in [6.07, 6.45) is 0. The van der Waals surface area contributed by atoms with Crippen LogP contribution in [-0.2, 0) is 10.5 Å². The smallest absolute Gasteiger partial charge is 0.262 e. The molecule has 4 rings (SSSR count). The van der Waals surface area contributed by atoms with Gasteiger partial charge in [0.2, 0.25) is 0 Å². The highest BCUT2D eigenvalue weighted by Gasteiger charge is 2.19. The molecular weight excluding hydrogens is 412 g/mol. The molecule has 1 aliphatic heterocycles. The zero-order valence-corrected chi connectivity index (χ0v) is 17.8. The van der Waals surface area contributed by atoms with Crippen LogP contribution in [0.15, 0.2) is 46.3 Å². The number of nitrogens with zero attached hydrogens (tertiary/aromatic N) is 2. The van der Waals surface area contributed by atoms with Gasteiger partial charge >= 0.3 is 0 Å². The van der Waals surface area contributed by atoms with E-state index in [-0.39, 0.29) is 11.6 Å². The maximum absolute atomic E-state index is 13.1. The number of rotatable bonds is 6. The van der Waals surface area contributed by atoms with Gasteiger partial charge in [0, 0.05) is 12.9 Å². The third kappa shape index (κ3) is 4.08. The largest absolute Gasteiger partial charge is 0.486 e. The van der Waals surface area contributed by atoms with Gasteiger partial charge in [0.25, 0.3) is 5.56 Å². The molecule has 1 aromatic heterocycles. The molecule has 0 spiro atoms. The average molecular weight is 433 g/mol. The van der Waals surface area contributed by atoms with E-state index in [0.29, 0.717) is 58.2 Å². The minimum absolute atomic E-state index is 0.0668. The number of hydrogen-bond acceptors (Lipinski definition) is 6. The van der Waals surface area contributed by atoms with Gasteiger partial charge in [-0.2, -0.15) is 0 Å². The summed E-state index contributed by atoms with van der Waals surface area (Å²) < 4.78 is 18.2. The Bertz CT molecular complexity index is 1100. The fourth-order valence-corrected chi connectivity index (χ4v) is 4.64. The molecule has 0 bridgehead atoms. The molecule has 8 heteroatoms. The second-order valence-electron chi connectivity index (χ2n) is 6.78. The molecule has 0 fully saturated rings. The standard InChI is InChI=1S/C21H21ClN2O4S/c1-13(11-26-2)24-20(25)15-5-3-4-6-17(15)23-21(24)29-12-14-9-16(22)19-18(10-14)27-7-8-28-19/h3-6,9-10,13H,7-8,11-12H2,1-2H3. The first-order valence-electron chi connectivity index (χ1n) is 9.29. The molecule has 1 unspecified atom stereocenters. The van der Waals surface area contributed by atoms with Gasteiger partial charge in [-0.1, -0.05) is 35.5 Å². The van der Waals surface area contributed by atoms with Gasteiger partial charge in [-0.25, -0.2) is 4.98 Å². The Kier molecular flexibility index (Phi) is 5.99. The summed E-state index contributed by atoms with van der Waals surface area (Å²) in [6, 6.07) is 11.0. The third-order valence-corrected chi connectivity index (χ3v) is 5.95. The van der Waals surface area contributed by atoms with E-state index in [1.165, 1.54) is 11.8 Å². The first-order chi connectivity index (χ1) is 14.1. The van der Waals surface area contributed by atoms with Crippen molar-refractivity contribution in [3.8, 4) is 11.5 Å². The zero-order chi connectivity index (χ0) is 20.4. The lowest BCUT2D eigenvalue weighted by molar-refractivity contribution is 0.156. The predicted molar refractivity (Wildman–Crippen MR) is 115 cm³/mol. The maximum Gasteiger partial charge on any atom is 0.262 e. The van der Waals surface area contributed by atoms with E-state index >= 15 is 0 Å². The van der Waals surface area contributed by atoms with Gasteiger partial charge in [-0.05, 0) is 36.8 Å². The van der Waals surface area contributed by atoms with Crippen molar-refractivity contribution in [2.75, 3.05) is 26.9 Å². The quantitative estimate of drug-likeness (QED) is 0.427. The fourth-order valence-electron chi connectivity index (χ4n) is 3.33. The van der Waals surface area contributed by atoms with Crippen LogP contribution >= 0.6 is 23.4 Å². The Morgan fingerprint density at radius 1 is 1.28 bits per heavy atom. The average Bonchev–Trinajstić information content (AvgIpc) is 2.72. The van der Waals surface area contributed by atoms with Crippen LogP contribution in [0.25, 0.3) is 10.9 Å². The zero-order valence-electron chi connectivity index (χ0n) is 16.2. The lowest BCUT2D eigenvalue weighted by Crippen LogP contribution is -2.28. The number of ether oxygens (including phenoxy) is 3. The number of fused-ring (bicyclic) bond motifs is 2. The molecule has 1 atom stereocenters. The number of thioether (sulfide) groups is 1. The molecular formula is C21H21ClN2O4S. The minimum atomic E-state index is -0.143. The van der Waals surface area contributed by atoms with Gasteiger partial charge in [0.15, 0.2) is 16.7 Å². The number of halogens is 1. The van der Waals surface area contributed by atoms with Gasteiger partial charge < -0.3 is 14.2 Å². The monoisotopic (exact) mass is 432 g/mol. The van der Waals surface area contributed by atoms with E-state index in [4.69, 9.17) is 30.8 Å². The molecule has 0 aliphatic carbocycles. The van der Waals surface area contributed by atoms with Crippen LogP contribution in [0.3, 0.4) is 0 Å². The first-order valence-corrected chi connectivity index (χ1v) is 10.7. The summed E-state index contributed by atoms with van der Waals surface area (Å²) in [5, 5.41) is 1.76. The second kappa shape index (κ2) is 8.65. The molecule has 152 valence electrons. The summed E-state index contributed by atoms with van der Waals surface area (Å²) in [6.45, 7) is 3.36. The Hall–Kier alpha value is -2.22. The maximum atomic E-state index is 13.1. The topological polar surface area (TPSA) is 62.6 Å². The number of hydrogen-bond donors (Lipinski definition) is 0. The molecule has 0 saturated carbocycles. The third-order valence-electron chi connectivity index (χ3n) is 4.65. The summed E-state index contributed by atoms with van der Waals surface area (Å²) in [7, 11) is 1.63. The first kappa shape index (κ1) is 20.1. The van der Waals surface area contributed by atoms with Crippen LogP contribution < -0.4 is 15.0 Å². The summed E-state index contributed by atoms with van der Waals surface area (Å²) >= 11 is 7.84. The van der Waals surface area contributed by atoms with Crippen molar-refractivity contribution in [3.63, 3.8) is 0 Å². The SMILES string of the molecule is COCC(C)n1c(SCc2cc(Cl)c3c(c2)OCCO3)nc2ccccc2c1=O.